The molecule has 0 bridgehead atoms. The highest BCUT2D eigenvalue weighted by Crippen LogP contribution is 2.17. The molecule has 106 valence electrons. The van der Waals surface area contributed by atoms with Gasteiger partial charge in [-0.15, -0.1) is 0 Å². The molecule has 0 aliphatic heterocycles. The van der Waals surface area contributed by atoms with Crippen molar-refractivity contribution >= 4 is 28.7 Å². The van der Waals surface area contributed by atoms with Crippen LogP contribution in [-0.2, 0) is 4.74 Å². The number of rotatable bonds is 7. The maximum absolute atomic E-state index is 5.19. The topological polar surface area (TPSA) is 36.5 Å². The normalized spacial score (nSPS) is 10.1. The van der Waals surface area contributed by atoms with E-state index in [2.05, 4.69) is 41.5 Å². The van der Waals surface area contributed by atoms with Gasteiger partial charge in [-0.25, -0.2) is 0 Å². The van der Waals surface area contributed by atoms with Crippen LogP contribution in [0.1, 0.15) is 13.8 Å². The highest BCUT2D eigenvalue weighted by Gasteiger charge is 2.02. The first-order valence-corrected chi connectivity index (χ1v) is 7.00. The molecule has 0 aromatic heterocycles. The summed E-state index contributed by atoms with van der Waals surface area (Å²) >= 11 is 5.19. The van der Waals surface area contributed by atoms with Crippen LogP contribution in [0.25, 0.3) is 0 Å². The molecule has 1 aromatic carbocycles. The van der Waals surface area contributed by atoms with Gasteiger partial charge in [0.2, 0.25) is 0 Å². The number of benzene rings is 1. The number of nitrogens with one attached hydrogen (secondary N) is 2. The quantitative estimate of drug-likeness (QED) is 0.593. The SMILES string of the molecule is CCN(CC)c1ccc(NC(=S)NCCOC)cc1. The minimum atomic E-state index is 0.618. The van der Waals surface area contributed by atoms with Gasteiger partial charge in [0.05, 0.1) is 6.61 Å². The predicted octanol–water partition coefficient (Wildman–Crippen LogP) is 2.47. The van der Waals surface area contributed by atoms with E-state index in [-0.39, 0.29) is 0 Å². The minimum absolute atomic E-state index is 0.618. The maximum Gasteiger partial charge on any atom is 0.170 e. The Morgan fingerprint density at radius 2 is 1.84 bits per heavy atom. The fourth-order valence-corrected chi connectivity index (χ4v) is 2.01. The number of hydrogen-bond donors (Lipinski definition) is 2. The van der Waals surface area contributed by atoms with Gasteiger partial charge < -0.3 is 20.3 Å². The van der Waals surface area contributed by atoms with Crippen molar-refractivity contribution in [2.45, 2.75) is 13.8 Å². The number of methoxy groups -OCH3 is 1. The molecule has 0 amide bonds. The molecule has 0 aliphatic carbocycles. The zero-order valence-corrected chi connectivity index (χ0v) is 12.7. The molecule has 19 heavy (non-hydrogen) atoms. The molecule has 0 saturated heterocycles. The summed E-state index contributed by atoms with van der Waals surface area (Å²) in [5, 5.41) is 6.84. The van der Waals surface area contributed by atoms with E-state index >= 15 is 0 Å². The molecule has 5 heteroatoms. The maximum atomic E-state index is 5.19. The lowest BCUT2D eigenvalue weighted by molar-refractivity contribution is 0.204. The van der Waals surface area contributed by atoms with Crippen LogP contribution in [0.2, 0.25) is 0 Å². The summed E-state index contributed by atoms with van der Waals surface area (Å²) in [7, 11) is 1.67. The van der Waals surface area contributed by atoms with E-state index in [4.69, 9.17) is 17.0 Å². The third-order valence-corrected chi connectivity index (χ3v) is 3.09. The standard InChI is InChI=1S/C14H23N3OS/c1-4-17(5-2)13-8-6-12(7-9-13)16-14(19)15-10-11-18-3/h6-9H,4-5,10-11H2,1-3H3,(H2,15,16,19). The second kappa shape index (κ2) is 8.72. The molecule has 0 atom stereocenters. The van der Waals surface area contributed by atoms with Crippen LogP contribution < -0.4 is 15.5 Å². The van der Waals surface area contributed by atoms with Crippen LogP contribution in [0.4, 0.5) is 11.4 Å². The lowest BCUT2D eigenvalue weighted by Crippen LogP contribution is -2.31. The molecule has 0 fully saturated rings. The van der Waals surface area contributed by atoms with Crippen LogP contribution >= 0.6 is 12.2 Å². The van der Waals surface area contributed by atoms with Crippen molar-refractivity contribution in [2.24, 2.45) is 0 Å². The fraction of sp³-hybridized carbons (Fsp3) is 0.500. The molecule has 4 nitrogen and oxygen atoms in total. The molecule has 0 aliphatic rings. The Morgan fingerprint density at radius 3 is 2.37 bits per heavy atom. The van der Waals surface area contributed by atoms with Gasteiger partial charge in [0, 0.05) is 38.1 Å². The summed E-state index contributed by atoms with van der Waals surface area (Å²) in [6, 6.07) is 8.29. The summed E-state index contributed by atoms with van der Waals surface area (Å²) in [6.07, 6.45) is 0. The van der Waals surface area contributed by atoms with Crippen LogP contribution in [0.15, 0.2) is 24.3 Å². The number of ether oxygens (including phenoxy) is 1. The Labute approximate surface area is 121 Å². The zero-order valence-electron chi connectivity index (χ0n) is 11.9. The first kappa shape index (κ1) is 15.7. The molecular weight excluding hydrogens is 258 g/mol. The van der Waals surface area contributed by atoms with Gasteiger partial charge >= 0.3 is 0 Å². The van der Waals surface area contributed by atoms with Crippen molar-refractivity contribution in [3.63, 3.8) is 0 Å². The smallest absolute Gasteiger partial charge is 0.170 e. The lowest BCUT2D eigenvalue weighted by Gasteiger charge is -2.21. The van der Waals surface area contributed by atoms with Crippen molar-refractivity contribution in [1.29, 1.82) is 0 Å². The average molecular weight is 281 g/mol. The molecule has 2 N–H and O–H groups in total. The van der Waals surface area contributed by atoms with E-state index in [0.29, 0.717) is 18.3 Å². The molecule has 0 unspecified atom stereocenters. The van der Waals surface area contributed by atoms with Crippen LogP contribution in [0.3, 0.4) is 0 Å². The lowest BCUT2D eigenvalue weighted by atomic mass is 10.2. The second-order valence-corrected chi connectivity index (χ2v) is 4.50. The summed E-state index contributed by atoms with van der Waals surface area (Å²) in [5.41, 5.74) is 2.22. The highest BCUT2D eigenvalue weighted by atomic mass is 32.1. The largest absolute Gasteiger partial charge is 0.383 e. The van der Waals surface area contributed by atoms with Gasteiger partial charge in [-0.1, -0.05) is 0 Å². The Hall–Kier alpha value is -1.33. The van der Waals surface area contributed by atoms with Crippen molar-refractivity contribution < 1.29 is 4.74 Å². The van der Waals surface area contributed by atoms with Crippen LogP contribution in [0.5, 0.6) is 0 Å². The van der Waals surface area contributed by atoms with E-state index in [1.807, 2.05) is 12.1 Å². The molecule has 0 heterocycles. The van der Waals surface area contributed by atoms with Crippen molar-refractivity contribution in [1.82, 2.24) is 5.32 Å². The zero-order chi connectivity index (χ0) is 14.1. The minimum Gasteiger partial charge on any atom is -0.383 e. The van der Waals surface area contributed by atoms with Gasteiger partial charge in [0.25, 0.3) is 0 Å². The highest BCUT2D eigenvalue weighted by molar-refractivity contribution is 7.80. The Morgan fingerprint density at radius 1 is 1.21 bits per heavy atom. The number of nitrogens with zero attached hydrogens (tertiary/aromatic N) is 1. The summed E-state index contributed by atoms with van der Waals surface area (Å²) in [6.45, 7) is 7.69. The number of hydrogen-bond acceptors (Lipinski definition) is 3. The van der Waals surface area contributed by atoms with E-state index in [9.17, 15) is 0 Å². The van der Waals surface area contributed by atoms with E-state index < -0.39 is 0 Å². The second-order valence-electron chi connectivity index (χ2n) is 4.09. The van der Waals surface area contributed by atoms with Gasteiger partial charge in [-0.05, 0) is 50.3 Å². The van der Waals surface area contributed by atoms with E-state index in [1.54, 1.807) is 7.11 Å². The van der Waals surface area contributed by atoms with E-state index in [0.717, 1.165) is 18.8 Å². The fourth-order valence-electron chi connectivity index (χ4n) is 1.79. The van der Waals surface area contributed by atoms with Gasteiger partial charge in [-0.2, -0.15) is 0 Å². The van der Waals surface area contributed by atoms with Crippen LogP contribution in [-0.4, -0.2) is 38.5 Å². The number of thiocarbonyl (C=S) groups is 1. The first-order valence-electron chi connectivity index (χ1n) is 6.60. The Bertz CT molecular complexity index is 377. The van der Waals surface area contributed by atoms with Crippen molar-refractivity contribution in [2.75, 3.05) is 43.6 Å². The third-order valence-electron chi connectivity index (χ3n) is 2.85. The number of anilines is 2. The summed E-state index contributed by atoms with van der Waals surface area (Å²) in [4.78, 5) is 2.30. The molecule has 1 aromatic rings. The molecule has 0 saturated carbocycles. The third kappa shape index (κ3) is 5.44. The monoisotopic (exact) mass is 281 g/mol. The van der Waals surface area contributed by atoms with Crippen molar-refractivity contribution in [3.8, 4) is 0 Å². The van der Waals surface area contributed by atoms with E-state index in [1.165, 1.54) is 5.69 Å². The Kier molecular flexibility index (Phi) is 7.22. The molecular formula is C14H23N3OS. The van der Waals surface area contributed by atoms with Crippen LogP contribution in [0, 0.1) is 0 Å². The molecule has 0 spiro atoms. The Balaban J connectivity index is 2.50. The summed E-state index contributed by atoms with van der Waals surface area (Å²) < 4.78 is 4.95. The van der Waals surface area contributed by atoms with Crippen molar-refractivity contribution in [3.05, 3.63) is 24.3 Å². The average Bonchev–Trinajstić information content (AvgIpc) is 2.42. The first-order chi connectivity index (χ1) is 9.21. The van der Waals surface area contributed by atoms with Gasteiger partial charge in [-0.3, -0.25) is 0 Å². The van der Waals surface area contributed by atoms with Gasteiger partial charge in [0.1, 0.15) is 0 Å². The predicted molar refractivity (Wildman–Crippen MR) is 86.1 cm³/mol. The molecule has 0 radical (unpaired) electrons. The molecule has 1 rings (SSSR count). The van der Waals surface area contributed by atoms with Gasteiger partial charge in [0.15, 0.2) is 5.11 Å². The summed E-state index contributed by atoms with van der Waals surface area (Å²) in [5.74, 6) is 0.